The molecule has 2 N–H and O–H groups in total. The summed E-state index contributed by atoms with van der Waals surface area (Å²) in [6.07, 6.45) is 0.130. The molecule has 0 unspecified atom stereocenters. The average molecular weight is 1190 g/mol. The summed E-state index contributed by atoms with van der Waals surface area (Å²) < 4.78 is 58.1. The van der Waals surface area contributed by atoms with Crippen molar-refractivity contribution < 1.29 is 18.2 Å². The normalized spacial score (nSPS) is 13.8. The Balaban J connectivity index is 0.000000158. The van der Waals surface area contributed by atoms with Gasteiger partial charge in [-0.05, 0) is 66.3 Å². The van der Waals surface area contributed by atoms with Crippen molar-refractivity contribution in [2.45, 2.75) is 6.54 Å². The van der Waals surface area contributed by atoms with Gasteiger partial charge < -0.3 is 43.0 Å². The zero-order valence-corrected chi connectivity index (χ0v) is 50.6. The Labute approximate surface area is 496 Å². The van der Waals surface area contributed by atoms with E-state index in [4.69, 9.17) is 16.7 Å². The molecule has 0 aromatic heterocycles. The van der Waals surface area contributed by atoms with Crippen LogP contribution in [-0.4, -0.2) is 50.6 Å². The molecule has 0 atom stereocenters. The number of rotatable bonds is 18. The van der Waals surface area contributed by atoms with Crippen LogP contribution in [0.3, 0.4) is 0 Å². The number of hydrogen-bond acceptors (Lipinski definition) is 7. The first kappa shape index (κ1) is 59.8. The van der Waals surface area contributed by atoms with Crippen LogP contribution in [0, 0.1) is 0 Å². The summed E-state index contributed by atoms with van der Waals surface area (Å²) in [6, 6.07) is 88.8. The second-order valence-corrected chi connectivity index (χ2v) is 29.6. The second kappa shape index (κ2) is 29.5. The number of hydrogen-bond donors (Lipinski definition) is 2. The third-order valence-corrected chi connectivity index (χ3v) is 25.5. The average Bonchev–Trinajstić information content (AvgIpc) is 3.71. The van der Waals surface area contributed by atoms with Crippen molar-refractivity contribution in [1.82, 2.24) is 10.6 Å². The number of nitrogens with zero attached hydrogens (tertiary/aromatic N) is 4. The lowest BCUT2D eigenvalue weighted by atomic mass is 10.2. The van der Waals surface area contributed by atoms with Gasteiger partial charge in [0.15, 0.2) is 12.3 Å². The lowest BCUT2D eigenvalue weighted by Crippen LogP contribution is -2.36. The Morgan fingerprint density at radius 2 is 0.867 bits per heavy atom. The predicted molar refractivity (Wildman–Crippen MR) is 357 cm³/mol. The Hall–Kier alpha value is -7.79. The van der Waals surface area contributed by atoms with Gasteiger partial charge in [-0.25, -0.2) is 0 Å². The van der Waals surface area contributed by atoms with E-state index in [1.54, 1.807) is 5.82 Å². The number of para-hydroxylation sites is 4. The second-order valence-electron chi connectivity index (χ2n) is 19.4. The zero-order chi connectivity index (χ0) is 57.7. The van der Waals surface area contributed by atoms with Crippen LogP contribution >= 0.6 is 42.4 Å². The molecule has 2 saturated heterocycles. The van der Waals surface area contributed by atoms with Crippen LogP contribution in [0.4, 0.5) is 22.7 Å². The van der Waals surface area contributed by atoms with E-state index in [-0.39, 0.29) is 6.16 Å². The van der Waals surface area contributed by atoms with Crippen molar-refractivity contribution in [3.63, 3.8) is 0 Å². The van der Waals surface area contributed by atoms with Gasteiger partial charge in [-0.2, -0.15) is 0 Å². The molecule has 0 amide bonds. The molecule has 2 heterocycles. The smallest absolute Gasteiger partial charge is 0.288 e. The van der Waals surface area contributed by atoms with Crippen LogP contribution in [0.1, 0.15) is 5.56 Å². The van der Waals surface area contributed by atoms with Gasteiger partial charge in [-0.1, -0.05) is 238 Å². The zero-order valence-electron chi connectivity index (χ0n) is 46.2. The first-order chi connectivity index (χ1) is 40.6. The Morgan fingerprint density at radius 3 is 1.25 bits per heavy atom. The van der Waals surface area contributed by atoms with E-state index >= 15 is 4.57 Å². The van der Waals surface area contributed by atoms with Gasteiger partial charge in [-0.3, -0.25) is 4.57 Å². The van der Waals surface area contributed by atoms with Crippen molar-refractivity contribution in [1.29, 1.82) is 0 Å². The Morgan fingerprint density at radius 1 is 0.518 bits per heavy atom. The number of benzene rings is 9. The lowest BCUT2D eigenvalue weighted by Gasteiger charge is -2.35. The van der Waals surface area contributed by atoms with Crippen LogP contribution in [0.15, 0.2) is 303 Å². The molecule has 83 heavy (non-hydrogen) atoms. The molecule has 9 aromatic carbocycles. The van der Waals surface area contributed by atoms with Crippen molar-refractivity contribution >= 4 is 91.5 Å². The van der Waals surface area contributed by atoms with Gasteiger partial charge in [0.05, 0.1) is 6.61 Å². The largest absolute Gasteiger partial charge is 0.360 e. The van der Waals surface area contributed by atoms with E-state index in [2.05, 4.69) is 99.5 Å². The van der Waals surface area contributed by atoms with E-state index in [0.29, 0.717) is 43.2 Å². The summed E-state index contributed by atoms with van der Waals surface area (Å²) in [6.45, 7) is 12.9. The molecule has 2 fully saturated rings. The van der Waals surface area contributed by atoms with E-state index in [0.717, 1.165) is 45.7 Å². The van der Waals surface area contributed by atoms with E-state index in [1.807, 2.05) is 222 Å². The molecule has 0 bridgehead atoms. The molecule has 2 aliphatic heterocycles. The third-order valence-electron chi connectivity index (χ3n) is 13.9. The lowest BCUT2D eigenvalue weighted by molar-refractivity contribution is 0.356. The fraction of sp³-hybridized carbons (Fsp3) is 0.118. The Bertz CT molecular complexity index is 3490. The van der Waals surface area contributed by atoms with Crippen molar-refractivity contribution in [3.05, 3.63) is 309 Å². The maximum Gasteiger partial charge on any atom is 0.288 e. The summed E-state index contributed by atoms with van der Waals surface area (Å²) in [5.41, 5.74) is 8.02. The molecule has 0 aliphatic carbocycles. The van der Waals surface area contributed by atoms with Crippen LogP contribution in [0.25, 0.3) is 0 Å². The first-order valence-corrected chi connectivity index (χ1v) is 34.3. The van der Waals surface area contributed by atoms with Gasteiger partial charge in [-0.15, -0.1) is 5.73 Å². The minimum atomic E-state index is -3.36. The van der Waals surface area contributed by atoms with Crippen molar-refractivity contribution in [3.8, 4) is 0 Å². The molecule has 15 heteroatoms. The maximum atomic E-state index is 15.1. The SMILES string of the molecule is C=C(CP(=O)(c1ccccc1)c1ccccc1)P1(=O)N(c2ccccc2)CCN1c1ccccc1.C=C=CP(=O)(c1ccccc1)c1ccccc1.S=C(NCCOP1N(c2ccccc2)CCN1c1ccccc1)NCc1ccccc1. The monoisotopic (exact) mass is 1190 g/mol. The predicted octanol–water partition coefficient (Wildman–Crippen LogP) is 15.0. The topological polar surface area (TPSA) is 97.5 Å². The van der Waals surface area contributed by atoms with E-state index < -0.39 is 30.2 Å². The Kier molecular flexibility index (Phi) is 21.2. The summed E-state index contributed by atoms with van der Waals surface area (Å²) in [7, 11) is -10.2. The van der Waals surface area contributed by atoms with Crippen LogP contribution in [0.5, 0.6) is 0 Å². The first-order valence-electron chi connectivity index (χ1n) is 27.5. The van der Waals surface area contributed by atoms with Crippen LogP contribution in [-0.2, 0) is 24.8 Å². The quantitative estimate of drug-likeness (QED) is 0.0372. The van der Waals surface area contributed by atoms with Crippen molar-refractivity contribution in [2.75, 3.05) is 64.2 Å². The standard InChI is InChI=1S/C29H28N2O2P2.C24H27N4OPS.C15H13OP/c1-25(24-34(32,28-18-10-4-11-19-28)29-20-12-5-13-21-29)35(33)30(26-14-6-2-7-15-26)22-23-31(35)27-16-8-3-9-17-27;31-24(26-20-21-10-4-1-5-11-21)25-16-19-29-30-27(22-12-6-2-7-13-22)17-18-28(30)23-14-8-3-9-15-23;1-2-13-17(16,14-9-5-3-6-10-14)15-11-7-4-8-12-15/h2-21H,1,22-24H2;1-15H,16-20H2,(H2,25,26,31);3-13H,1H2. The number of allylic oxidation sites excluding steroid dienone is 1. The highest BCUT2D eigenvalue weighted by molar-refractivity contribution is 7.81. The van der Waals surface area contributed by atoms with Crippen LogP contribution < -0.4 is 50.5 Å². The number of thiocarbonyl (C=S) groups is 1. The highest BCUT2D eigenvalue weighted by Gasteiger charge is 2.47. The van der Waals surface area contributed by atoms with E-state index in [9.17, 15) is 9.13 Å². The minimum Gasteiger partial charge on any atom is -0.360 e. The minimum absolute atomic E-state index is 0.130. The maximum absolute atomic E-state index is 15.1. The van der Waals surface area contributed by atoms with Gasteiger partial charge >= 0.3 is 0 Å². The fourth-order valence-corrected chi connectivity index (χ4v) is 20.5. The summed E-state index contributed by atoms with van der Waals surface area (Å²) >= 11 is 5.41. The molecule has 0 radical (unpaired) electrons. The van der Waals surface area contributed by atoms with E-state index in [1.165, 1.54) is 16.9 Å². The molecule has 10 nitrogen and oxygen atoms in total. The fourth-order valence-electron chi connectivity index (χ4n) is 9.87. The van der Waals surface area contributed by atoms with Gasteiger partial charge in [0.2, 0.25) is 8.45 Å². The molecule has 11 rings (SSSR count). The van der Waals surface area contributed by atoms with Crippen LogP contribution in [0.2, 0.25) is 0 Å². The molecule has 0 spiro atoms. The number of nitrogens with one attached hydrogen (secondary N) is 2. The molecular weight excluding hydrogens is 1120 g/mol. The summed E-state index contributed by atoms with van der Waals surface area (Å²) in [5, 5.41) is 10.8. The van der Waals surface area contributed by atoms with Crippen molar-refractivity contribution in [2.24, 2.45) is 0 Å². The third kappa shape index (κ3) is 14.9. The van der Waals surface area contributed by atoms with Gasteiger partial charge in [0.1, 0.15) is 7.14 Å². The molecule has 0 saturated carbocycles. The van der Waals surface area contributed by atoms with Gasteiger partial charge in [0.25, 0.3) is 7.44 Å². The highest BCUT2D eigenvalue weighted by Crippen LogP contribution is 2.67. The molecule has 9 aromatic rings. The van der Waals surface area contributed by atoms with Gasteiger partial charge in [0, 0.05) is 101 Å². The number of anilines is 4. The summed E-state index contributed by atoms with van der Waals surface area (Å²) in [4.78, 5) is 0. The molecule has 2 aliphatic rings. The molecular formula is C68H68N6O4P4S. The summed E-state index contributed by atoms with van der Waals surface area (Å²) in [5.74, 6) is 1.58. The highest BCUT2D eigenvalue weighted by atomic mass is 32.1. The molecule has 420 valence electrons.